The number of anilines is 1. The molecule has 0 fully saturated rings. The Kier molecular flexibility index (Phi) is 8.52. The van der Waals surface area contributed by atoms with Crippen molar-refractivity contribution in [2.24, 2.45) is 5.92 Å². The van der Waals surface area contributed by atoms with Gasteiger partial charge in [-0.3, -0.25) is 0 Å². The van der Waals surface area contributed by atoms with Gasteiger partial charge in [0.15, 0.2) is 0 Å². The van der Waals surface area contributed by atoms with Crippen molar-refractivity contribution >= 4 is 27.8 Å². The lowest BCUT2D eigenvalue weighted by Crippen LogP contribution is -2.50. The van der Waals surface area contributed by atoms with E-state index in [1.54, 1.807) is 32.2 Å². The zero-order chi connectivity index (χ0) is 25.8. The number of benzene rings is 2. The smallest absolute Gasteiger partial charge is 0.321 e. The van der Waals surface area contributed by atoms with Crippen LogP contribution in [0.15, 0.2) is 53.4 Å². The standard InChI is InChI=1S/C25H32FN3O5S/c1-5-7-19-10-11-24-22(12-19)34-23(17(2)14-29(18(3)16-30)35(24,32)33)15-28(4)25(31)27-21-9-6-8-20(26)13-21/h5-13,17-18,23,30H,14-16H2,1-4H3,(H,27,31)/b7-5+/t17-,18+,23+/m0/s1. The molecule has 2 aromatic carbocycles. The van der Waals surface area contributed by atoms with Gasteiger partial charge in [0.2, 0.25) is 10.0 Å². The first-order valence-electron chi connectivity index (χ1n) is 11.4. The molecule has 0 unspecified atom stereocenters. The number of allylic oxidation sites excluding steroid dienone is 1. The van der Waals surface area contributed by atoms with Crippen molar-refractivity contribution in [3.05, 3.63) is 59.9 Å². The van der Waals surface area contributed by atoms with E-state index in [-0.39, 0.29) is 36.3 Å². The number of nitrogens with one attached hydrogen (secondary N) is 1. The number of carbonyl (C=O) groups excluding carboxylic acids is 1. The van der Waals surface area contributed by atoms with Gasteiger partial charge in [-0.25, -0.2) is 17.6 Å². The predicted molar refractivity (Wildman–Crippen MR) is 133 cm³/mol. The van der Waals surface area contributed by atoms with Crippen molar-refractivity contribution in [2.75, 3.05) is 32.1 Å². The fraction of sp³-hybridized carbons (Fsp3) is 0.400. The highest BCUT2D eigenvalue weighted by Gasteiger charge is 2.38. The van der Waals surface area contributed by atoms with Gasteiger partial charge in [-0.2, -0.15) is 4.31 Å². The second-order valence-corrected chi connectivity index (χ2v) is 10.6. The Morgan fingerprint density at radius 3 is 2.74 bits per heavy atom. The molecule has 0 bridgehead atoms. The maximum absolute atomic E-state index is 13.5. The summed E-state index contributed by atoms with van der Waals surface area (Å²) >= 11 is 0. The summed E-state index contributed by atoms with van der Waals surface area (Å²) in [7, 11) is -2.35. The van der Waals surface area contributed by atoms with Crippen LogP contribution < -0.4 is 10.1 Å². The van der Waals surface area contributed by atoms with Crippen molar-refractivity contribution in [3.8, 4) is 5.75 Å². The predicted octanol–water partition coefficient (Wildman–Crippen LogP) is 3.79. The molecular weight excluding hydrogens is 473 g/mol. The molecule has 2 aromatic rings. The minimum Gasteiger partial charge on any atom is -0.487 e. The number of carbonyl (C=O) groups is 1. The van der Waals surface area contributed by atoms with Crippen molar-refractivity contribution in [1.29, 1.82) is 0 Å². The quantitative estimate of drug-likeness (QED) is 0.622. The first kappa shape index (κ1) is 26.7. The Labute approximate surface area is 206 Å². The van der Waals surface area contributed by atoms with E-state index in [2.05, 4.69) is 5.32 Å². The number of hydrogen-bond donors (Lipinski definition) is 2. The molecule has 0 saturated heterocycles. The first-order valence-corrected chi connectivity index (χ1v) is 12.8. The van der Waals surface area contributed by atoms with Crippen LogP contribution in [-0.4, -0.2) is 67.7 Å². The van der Waals surface area contributed by atoms with Crippen LogP contribution in [0.4, 0.5) is 14.9 Å². The van der Waals surface area contributed by atoms with Gasteiger partial charge in [-0.05, 0) is 49.7 Å². The maximum atomic E-state index is 13.5. The largest absolute Gasteiger partial charge is 0.487 e. The molecule has 2 N–H and O–H groups in total. The minimum absolute atomic E-state index is 0.00909. The summed E-state index contributed by atoms with van der Waals surface area (Å²) in [5.41, 5.74) is 1.09. The third-order valence-corrected chi connectivity index (χ3v) is 7.95. The Hall–Kier alpha value is -2.95. The van der Waals surface area contributed by atoms with Crippen LogP contribution in [0, 0.1) is 11.7 Å². The molecule has 35 heavy (non-hydrogen) atoms. The monoisotopic (exact) mass is 505 g/mol. The molecule has 0 saturated carbocycles. The van der Waals surface area contributed by atoms with Crippen LogP contribution in [-0.2, 0) is 10.0 Å². The maximum Gasteiger partial charge on any atom is 0.321 e. The molecular formula is C25H32FN3O5S. The van der Waals surface area contributed by atoms with E-state index in [9.17, 15) is 22.7 Å². The number of aliphatic hydroxyl groups excluding tert-OH is 1. The highest BCUT2D eigenvalue weighted by Crippen LogP contribution is 2.34. The molecule has 0 radical (unpaired) electrons. The summed E-state index contributed by atoms with van der Waals surface area (Å²) in [6, 6.07) is 9.36. The Balaban J connectivity index is 1.93. The van der Waals surface area contributed by atoms with E-state index in [4.69, 9.17) is 4.74 Å². The van der Waals surface area contributed by atoms with Gasteiger partial charge in [-0.1, -0.05) is 31.2 Å². The molecule has 3 rings (SSSR count). The second kappa shape index (κ2) is 11.2. The number of hydrogen-bond acceptors (Lipinski definition) is 5. The number of likely N-dealkylation sites (N-methyl/N-ethyl adjacent to an activating group) is 1. The van der Waals surface area contributed by atoms with Gasteiger partial charge in [0, 0.05) is 31.2 Å². The Morgan fingerprint density at radius 2 is 2.09 bits per heavy atom. The zero-order valence-corrected chi connectivity index (χ0v) is 21.1. The molecule has 3 atom stereocenters. The van der Waals surface area contributed by atoms with Gasteiger partial charge in [-0.15, -0.1) is 0 Å². The lowest BCUT2D eigenvalue weighted by Gasteiger charge is -2.37. The van der Waals surface area contributed by atoms with Crippen LogP contribution >= 0.6 is 0 Å². The van der Waals surface area contributed by atoms with E-state index in [0.717, 1.165) is 5.56 Å². The molecule has 190 valence electrons. The van der Waals surface area contributed by atoms with Gasteiger partial charge < -0.3 is 20.1 Å². The second-order valence-electron chi connectivity index (χ2n) is 8.77. The molecule has 0 spiro atoms. The summed E-state index contributed by atoms with van der Waals surface area (Å²) in [6.07, 6.45) is 3.12. The van der Waals surface area contributed by atoms with E-state index < -0.39 is 34.0 Å². The van der Waals surface area contributed by atoms with Crippen LogP contribution in [0.2, 0.25) is 0 Å². The Morgan fingerprint density at radius 1 is 1.34 bits per heavy atom. The molecule has 0 aromatic heterocycles. The number of aliphatic hydroxyl groups is 1. The van der Waals surface area contributed by atoms with Gasteiger partial charge in [0.1, 0.15) is 22.6 Å². The number of amides is 2. The summed E-state index contributed by atoms with van der Waals surface area (Å²) < 4.78 is 48.0. The zero-order valence-electron chi connectivity index (χ0n) is 20.3. The van der Waals surface area contributed by atoms with Crippen molar-refractivity contribution in [2.45, 2.75) is 37.8 Å². The average Bonchev–Trinajstić information content (AvgIpc) is 2.81. The number of halogens is 1. The summed E-state index contributed by atoms with van der Waals surface area (Å²) in [4.78, 5) is 14.2. The molecule has 1 heterocycles. The number of sulfonamides is 1. The van der Waals surface area contributed by atoms with Crippen LogP contribution in [0.3, 0.4) is 0 Å². The van der Waals surface area contributed by atoms with E-state index >= 15 is 0 Å². The number of rotatable bonds is 6. The van der Waals surface area contributed by atoms with E-state index in [0.29, 0.717) is 5.69 Å². The average molecular weight is 506 g/mol. The lowest BCUT2D eigenvalue weighted by atomic mass is 10.0. The highest BCUT2D eigenvalue weighted by atomic mass is 32.2. The molecule has 1 aliphatic rings. The van der Waals surface area contributed by atoms with E-state index in [1.165, 1.54) is 33.5 Å². The van der Waals surface area contributed by atoms with Crippen molar-refractivity contribution < 1.29 is 27.4 Å². The topological polar surface area (TPSA) is 99.2 Å². The number of urea groups is 1. The molecule has 2 amide bonds. The normalized spacial score (nSPS) is 20.9. The highest BCUT2D eigenvalue weighted by molar-refractivity contribution is 7.89. The van der Waals surface area contributed by atoms with E-state index in [1.807, 2.05) is 26.0 Å². The summed E-state index contributed by atoms with van der Waals surface area (Å²) in [5, 5.41) is 12.4. The van der Waals surface area contributed by atoms with Gasteiger partial charge in [0.25, 0.3) is 0 Å². The molecule has 10 heteroatoms. The van der Waals surface area contributed by atoms with Crippen LogP contribution in [0.1, 0.15) is 26.3 Å². The van der Waals surface area contributed by atoms with Crippen LogP contribution in [0.25, 0.3) is 6.08 Å². The van der Waals surface area contributed by atoms with Crippen LogP contribution in [0.5, 0.6) is 5.75 Å². The summed E-state index contributed by atoms with van der Waals surface area (Å²) in [6.45, 7) is 5.26. The first-order chi connectivity index (χ1) is 16.6. The van der Waals surface area contributed by atoms with Crippen molar-refractivity contribution in [1.82, 2.24) is 9.21 Å². The third-order valence-electron chi connectivity index (χ3n) is 5.93. The van der Waals surface area contributed by atoms with Gasteiger partial charge in [0.05, 0.1) is 13.2 Å². The number of nitrogens with zero attached hydrogens (tertiary/aromatic N) is 2. The number of fused-ring (bicyclic) bond motifs is 1. The third kappa shape index (κ3) is 6.19. The fourth-order valence-corrected chi connectivity index (χ4v) is 5.72. The lowest BCUT2D eigenvalue weighted by molar-refractivity contribution is 0.0830. The molecule has 8 nitrogen and oxygen atoms in total. The number of ether oxygens (including phenoxy) is 1. The summed E-state index contributed by atoms with van der Waals surface area (Å²) in [5.74, 6) is -0.594. The fourth-order valence-electron chi connectivity index (χ4n) is 3.89. The van der Waals surface area contributed by atoms with Gasteiger partial charge >= 0.3 is 6.03 Å². The minimum atomic E-state index is -3.94. The van der Waals surface area contributed by atoms with Crippen molar-refractivity contribution in [3.63, 3.8) is 0 Å². The molecule has 1 aliphatic heterocycles. The molecule has 0 aliphatic carbocycles. The Bertz CT molecular complexity index is 1190. The SMILES string of the molecule is C/C=C/c1ccc2c(c1)O[C@H](CN(C)C(=O)Nc1cccc(F)c1)[C@@H](C)CN([C@H](C)CO)S2(=O)=O.